The minimum atomic E-state index is -6.64. The molecule has 0 aliphatic carbocycles. The standard InChI is InChI=1S/C5H3F9O2/c1-15-4(10,11)2(6,3(7,8)9)16-5(12,13)14/h1H3. The molecule has 0 saturated heterocycles. The average Bonchev–Trinajstić information content (AvgIpc) is 1.98. The molecule has 0 bridgehead atoms. The second kappa shape index (κ2) is 3.95. The van der Waals surface area contributed by atoms with E-state index in [0.717, 1.165) is 0 Å². The lowest BCUT2D eigenvalue weighted by Gasteiger charge is -2.33. The van der Waals surface area contributed by atoms with E-state index in [0.29, 0.717) is 0 Å². The van der Waals surface area contributed by atoms with Gasteiger partial charge in [0, 0.05) is 7.11 Å². The Morgan fingerprint density at radius 1 is 0.750 bits per heavy atom. The summed E-state index contributed by atoms with van der Waals surface area (Å²) in [4.78, 5) is 0. The van der Waals surface area contributed by atoms with Gasteiger partial charge in [-0.05, 0) is 0 Å². The lowest BCUT2D eigenvalue weighted by Crippen LogP contribution is -2.60. The zero-order valence-corrected chi connectivity index (χ0v) is 7.22. The van der Waals surface area contributed by atoms with Crippen molar-refractivity contribution in [2.45, 2.75) is 24.5 Å². The molecule has 0 aromatic carbocycles. The Bertz CT molecular complexity index is 243. The largest absolute Gasteiger partial charge is 0.525 e. The van der Waals surface area contributed by atoms with Gasteiger partial charge in [0.1, 0.15) is 0 Å². The fourth-order valence-corrected chi connectivity index (χ4v) is 0.573. The monoisotopic (exact) mass is 266 g/mol. The molecule has 98 valence electrons. The molecule has 0 heterocycles. The second-order valence-corrected chi connectivity index (χ2v) is 2.36. The predicted molar refractivity (Wildman–Crippen MR) is 29.0 cm³/mol. The predicted octanol–water partition coefficient (Wildman–Crippen LogP) is 2.99. The van der Waals surface area contributed by atoms with Crippen LogP contribution in [0, 0.1) is 0 Å². The number of methoxy groups -OCH3 is 1. The van der Waals surface area contributed by atoms with Crippen molar-refractivity contribution in [3.8, 4) is 0 Å². The molecular formula is C5H3F9O2. The average molecular weight is 266 g/mol. The molecule has 0 amide bonds. The van der Waals surface area contributed by atoms with E-state index in [-0.39, 0.29) is 7.11 Å². The fourth-order valence-electron chi connectivity index (χ4n) is 0.573. The highest BCUT2D eigenvalue weighted by Gasteiger charge is 2.77. The van der Waals surface area contributed by atoms with Crippen molar-refractivity contribution in [3.05, 3.63) is 0 Å². The SMILES string of the molecule is COC(F)(F)C(F)(OC(F)(F)F)C(F)(F)F. The summed E-state index contributed by atoms with van der Waals surface area (Å²) in [5, 5.41) is 0. The molecule has 0 aromatic heterocycles. The molecule has 11 heteroatoms. The third-order valence-electron chi connectivity index (χ3n) is 1.25. The molecular weight excluding hydrogens is 263 g/mol. The van der Waals surface area contributed by atoms with Crippen molar-refractivity contribution in [3.63, 3.8) is 0 Å². The topological polar surface area (TPSA) is 18.5 Å². The summed E-state index contributed by atoms with van der Waals surface area (Å²) in [5.41, 5.74) is 0. The zero-order valence-electron chi connectivity index (χ0n) is 7.22. The Morgan fingerprint density at radius 3 is 1.31 bits per heavy atom. The lowest BCUT2D eigenvalue weighted by molar-refractivity contribution is -0.517. The van der Waals surface area contributed by atoms with Crippen LogP contribution in [0.15, 0.2) is 0 Å². The summed E-state index contributed by atoms with van der Waals surface area (Å²) in [7, 11) is -0.111. The molecule has 0 N–H and O–H groups in total. The van der Waals surface area contributed by atoms with Crippen LogP contribution in [0.5, 0.6) is 0 Å². The number of alkyl halides is 9. The first kappa shape index (κ1) is 15.3. The van der Waals surface area contributed by atoms with Gasteiger partial charge < -0.3 is 4.74 Å². The summed E-state index contributed by atoms with van der Waals surface area (Å²) in [6.07, 6.45) is -18.7. The van der Waals surface area contributed by atoms with Gasteiger partial charge in [-0.3, -0.25) is 0 Å². The quantitative estimate of drug-likeness (QED) is 0.731. The van der Waals surface area contributed by atoms with E-state index in [9.17, 15) is 39.5 Å². The van der Waals surface area contributed by atoms with Gasteiger partial charge in [0.05, 0.1) is 0 Å². The molecule has 0 aliphatic heterocycles. The number of rotatable bonds is 3. The normalized spacial score (nSPS) is 18.4. The Hall–Kier alpha value is -0.710. The molecule has 0 spiro atoms. The van der Waals surface area contributed by atoms with Crippen molar-refractivity contribution in [2.24, 2.45) is 0 Å². The first-order valence-electron chi connectivity index (χ1n) is 3.22. The van der Waals surface area contributed by atoms with Gasteiger partial charge in [0.2, 0.25) is 0 Å². The van der Waals surface area contributed by atoms with E-state index in [1.165, 1.54) is 0 Å². The van der Waals surface area contributed by atoms with Crippen LogP contribution in [-0.4, -0.2) is 31.6 Å². The highest BCUT2D eigenvalue weighted by Crippen LogP contribution is 2.49. The maximum atomic E-state index is 12.6. The highest BCUT2D eigenvalue weighted by molar-refractivity contribution is 4.86. The summed E-state index contributed by atoms with van der Waals surface area (Å²) in [6.45, 7) is 0. The molecule has 0 radical (unpaired) electrons. The van der Waals surface area contributed by atoms with Gasteiger partial charge >= 0.3 is 24.5 Å². The molecule has 0 aliphatic rings. The van der Waals surface area contributed by atoms with E-state index >= 15 is 0 Å². The van der Waals surface area contributed by atoms with Crippen molar-refractivity contribution >= 4 is 0 Å². The summed E-state index contributed by atoms with van der Waals surface area (Å²) in [6, 6.07) is 0. The van der Waals surface area contributed by atoms with Gasteiger partial charge in [0.25, 0.3) is 0 Å². The van der Waals surface area contributed by atoms with E-state index in [1.807, 2.05) is 0 Å². The minimum absolute atomic E-state index is 0.111. The van der Waals surface area contributed by atoms with Gasteiger partial charge in [-0.1, -0.05) is 0 Å². The molecule has 0 fully saturated rings. The summed E-state index contributed by atoms with van der Waals surface area (Å²) in [5.74, 6) is -6.31. The van der Waals surface area contributed by atoms with Crippen LogP contribution >= 0.6 is 0 Å². The summed E-state index contributed by atoms with van der Waals surface area (Å²) < 4.78 is 111. The first-order chi connectivity index (χ1) is 6.77. The third-order valence-corrected chi connectivity index (χ3v) is 1.25. The number of hydrogen-bond acceptors (Lipinski definition) is 2. The lowest BCUT2D eigenvalue weighted by atomic mass is 10.2. The van der Waals surface area contributed by atoms with E-state index in [1.54, 1.807) is 4.74 Å². The van der Waals surface area contributed by atoms with Crippen LogP contribution < -0.4 is 0 Å². The molecule has 0 aromatic rings. The van der Waals surface area contributed by atoms with Crippen LogP contribution in [0.1, 0.15) is 0 Å². The molecule has 0 rings (SSSR count). The number of halogens is 9. The van der Waals surface area contributed by atoms with Crippen molar-refractivity contribution in [1.82, 2.24) is 0 Å². The molecule has 1 unspecified atom stereocenters. The second-order valence-electron chi connectivity index (χ2n) is 2.36. The van der Waals surface area contributed by atoms with Crippen molar-refractivity contribution in [1.29, 1.82) is 0 Å². The maximum Gasteiger partial charge on any atom is 0.525 e. The van der Waals surface area contributed by atoms with Gasteiger partial charge in [-0.15, -0.1) is 13.2 Å². The third kappa shape index (κ3) is 2.90. The number of hydrogen-bond donors (Lipinski definition) is 0. The molecule has 16 heavy (non-hydrogen) atoms. The minimum Gasteiger partial charge on any atom is -0.319 e. The van der Waals surface area contributed by atoms with Crippen LogP contribution in [0.3, 0.4) is 0 Å². The van der Waals surface area contributed by atoms with Crippen molar-refractivity contribution in [2.75, 3.05) is 7.11 Å². The van der Waals surface area contributed by atoms with Crippen molar-refractivity contribution < 1.29 is 49.0 Å². The highest BCUT2D eigenvalue weighted by atomic mass is 19.4. The van der Waals surface area contributed by atoms with Crippen LogP contribution in [0.2, 0.25) is 0 Å². The van der Waals surface area contributed by atoms with E-state index in [4.69, 9.17) is 0 Å². The van der Waals surface area contributed by atoms with Crippen LogP contribution in [-0.2, 0) is 9.47 Å². The Labute approximate surface area is 81.9 Å². The first-order valence-corrected chi connectivity index (χ1v) is 3.22. The molecule has 1 atom stereocenters. The number of ether oxygens (including phenoxy) is 2. The fraction of sp³-hybridized carbons (Fsp3) is 1.00. The Balaban J connectivity index is 5.39. The maximum absolute atomic E-state index is 12.6. The Morgan fingerprint density at radius 2 is 1.12 bits per heavy atom. The van der Waals surface area contributed by atoms with Crippen LogP contribution in [0.25, 0.3) is 0 Å². The van der Waals surface area contributed by atoms with Gasteiger partial charge in [0.15, 0.2) is 0 Å². The zero-order chi connectivity index (χ0) is 13.4. The molecule has 2 nitrogen and oxygen atoms in total. The van der Waals surface area contributed by atoms with Gasteiger partial charge in [-0.25, -0.2) is 4.74 Å². The molecule has 0 saturated carbocycles. The van der Waals surface area contributed by atoms with E-state index < -0.39 is 24.5 Å². The summed E-state index contributed by atoms with van der Waals surface area (Å²) >= 11 is 0. The smallest absolute Gasteiger partial charge is 0.319 e. The van der Waals surface area contributed by atoms with Crippen LogP contribution in [0.4, 0.5) is 39.5 Å². The Kier molecular flexibility index (Phi) is 3.77. The van der Waals surface area contributed by atoms with Gasteiger partial charge in [-0.2, -0.15) is 26.3 Å². The van der Waals surface area contributed by atoms with E-state index in [2.05, 4.69) is 4.74 Å².